The number of allylic oxidation sites excluding steroid dienone is 1. The fourth-order valence-corrected chi connectivity index (χ4v) is 3.08. The fraction of sp³-hybridized carbons (Fsp3) is 0.263. The van der Waals surface area contributed by atoms with Crippen LogP contribution in [0.2, 0.25) is 5.15 Å². The first-order valence-electron chi connectivity index (χ1n) is 8.24. The van der Waals surface area contributed by atoms with E-state index in [0.717, 1.165) is 0 Å². The fourth-order valence-electron chi connectivity index (χ4n) is 2.16. The van der Waals surface area contributed by atoms with Gasteiger partial charge in [0, 0.05) is 16.7 Å². The molecule has 0 spiro atoms. The number of benzene rings is 1. The van der Waals surface area contributed by atoms with E-state index >= 15 is 0 Å². The first-order valence-corrected chi connectivity index (χ1v) is 9.60. The summed E-state index contributed by atoms with van der Waals surface area (Å²) in [4.78, 5) is 8.69. The Hall–Kier alpha value is -2.06. The molecule has 0 atom stereocenters. The number of hydrogen-bond acceptors (Lipinski definition) is 3. The van der Waals surface area contributed by atoms with Gasteiger partial charge in [0.2, 0.25) is 0 Å². The van der Waals surface area contributed by atoms with Crippen molar-refractivity contribution in [1.82, 2.24) is 4.98 Å². The van der Waals surface area contributed by atoms with Crippen molar-refractivity contribution >= 4 is 34.9 Å². The van der Waals surface area contributed by atoms with E-state index in [9.17, 15) is 17.6 Å². The molecule has 1 heterocycles. The van der Waals surface area contributed by atoms with Gasteiger partial charge in [0.15, 0.2) is 0 Å². The smallest absolute Gasteiger partial charge is 0.338 e. The Bertz CT molecular complexity index is 865. The number of aryl methyl sites for hydroxylation is 1. The highest BCUT2D eigenvalue weighted by Gasteiger charge is 2.27. The molecule has 2 aromatic rings. The van der Waals surface area contributed by atoms with Crippen molar-refractivity contribution in [3.8, 4) is 0 Å². The summed E-state index contributed by atoms with van der Waals surface area (Å²) in [6.07, 6.45) is 0.795. The Labute approximate surface area is 169 Å². The average Bonchev–Trinajstić information content (AvgIpc) is 2.62. The molecule has 0 amide bonds. The van der Waals surface area contributed by atoms with Gasteiger partial charge in [0.05, 0.1) is 18.0 Å². The summed E-state index contributed by atoms with van der Waals surface area (Å²) in [5, 5.41) is 3.17. The van der Waals surface area contributed by atoms with E-state index in [-0.39, 0.29) is 5.69 Å². The number of hydrogen-bond donors (Lipinski definition) is 1. The standard InChI is InChI=1S/C19H18ClF4N3S/c1-3-4-7-25-18(13-5-6-17(20)26-10-13)27-15-9-16(12(2)8-14(15)21)28-11-19(22,23)24/h3-6,8-10H,7,11H2,1-2H3,(H,25,27)/b4-3-. The second kappa shape index (κ2) is 9.93. The number of pyridine rings is 1. The summed E-state index contributed by atoms with van der Waals surface area (Å²) < 4.78 is 52.0. The Morgan fingerprint density at radius 3 is 2.68 bits per heavy atom. The molecule has 28 heavy (non-hydrogen) atoms. The molecule has 0 fully saturated rings. The minimum absolute atomic E-state index is 0.0319. The van der Waals surface area contributed by atoms with E-state index in [1.54, 1.807) is 25.1 Å². The molecule has 0 radical (unpaired) electrons. The third-order valence-corrected chi connectivity index (χ3v) is 4.95. The summed E-state index contributed by atoms with van der Waals surface area (Å²) >= 11 is 6.41. The van der Waals surface area contributed by atoms with Crippen molar-refractivity contribution in [3.63, 3.8) is 0 Å². The number of anilines is 1. The van der Waals surface area contributed by atoms with Gasteiger partial charge < -0.3 is 5.32 Å². The molecule has 0 saturated carbocycles. The number of alkyl halides is 3. The second-order valence-electron chi connectivity index (χ2n) is 5.75. The lowest BCUT2D eigenvalue weighted by atomic mass is 10.2. The largest absolute Gasteiger partial charge is 0.398 e. The van der Waals surface area contributed by atoms with Gasteiger partial charge in [-0.05, 0) is 43.7 Å². The predicted molar refractivity (Wildman–Crippen MR) is 107 cm³/mol. The van der Waals surface area contributed by atoms with Crippen LogP contribution in [0.1, 0.15) is 18.1 Å². The zero-order valence-electron chi connectivity index (χ0n) is 15.1. The van der Waals surface area contributed by atoms with Crippen molar-refractivity contribution in [2.75, 3.05) is 17.6 Å². The number of thioether (sulfide) groups is 1. The summed E-state index contributed by atoms with van der Waals surface area (Å²) in [5.74, 6) is -1.31. The average molecular weight is 432 g/mol. The zero-order valence-corrected chi connectivity index (χ0v) is 16.7. The third kappa shape index (κ3) is 6.83. The number of aromatic nitrogens is 1. The molecule has 1 aromatic carbocycles. The normalized spacial score (nSPS) is 12.6. The van der Waals surface area contributed by atoms with Crippen LogP contribution >= 0.6 is 23.4 Å². The van der Waals surface area contributed by atoms with E-state index in [4.69, 9.17) is 11.6 Å². The number of rotatable bonds is 6. The van der Waals surface area contributed by atoms with Gasteiger partial charge in [-0.25, -0.2) is 9.37 Å². The lowest BCUT2D eigenvalue weighted by Gasteiger charge is -2.14. The number of halogens is 5. The van der Waals surface area contributed by atoms with Crippen LogP contribution in [-0.4, -0.2) is 29.3 Å². The molecular weight excluding hydrogens is 414 g/mol. The molecule has 150 valence electrons. The Balaban J connectivity index is 2.34. The Morgan fingerprint density at radius 1 is 1.32 bits per heavy atom. The van der Waals surface area contributed by atoms with Crippen LogP contribution in [0.5, 0.6) is 0 Å². The highest BCUT2D eigenvalue weighted by Crippen LogP contribution is 2.32. The minimum atomic E-state index is -4.31. The second-order valence-corrected chi connectivity index (χ2v) is 7.16. The van der Waals surface area contributed by atoms with Gasteiger partial charge >= 0.3 is 6.18 Å². The van der Waals surface area contributed by atoms with E-state index in [2.05, 4.69) is 15.3 Å². The quantitative estimate of drug-likeness (QED) is 0.146. The van der Waals surface area contributed by atoms with E-state index in [1.165, 1.54) is 18.3 Å². The Kier molecular flexibility index (Phi) is 7.88. The van der Waals surface area contributed by atoms with Gasteiger partial charge in [-0.2, -0.15) is 13.2 Å². The first-order chi connectivity index (χ1) is 13.2. The Morgan fingerprint density at radius 2 is 2.07 bits per heavy atom. The maximum atomic E-state index is 14.4. The first kappa shape index (κ1) is 22.2. The molecule has 0 aliphatic rings. The van der Waals surface area contributed by atoms with Gasteiger partial charge in [-0.3, -0.25) is 4.99 Å². The summed E-state index contributed by atoms with van der Waals surface area (Å²) in [5.41, 5.74) is 1.03. The number of aliphatic imine (C=N–C) groups is 1. The zero-order chi connectivity index (χ0) is 20.7. The van der Waals surface area contributed by atoms with Crippen molar-refractivity contribution in [3.05, 3.63) is 64.7 Å². The molecule has 0 bridgehead atoms. The van der Waals surface area contributed by atoms with Crippen molar-refractivity contribution in [2.45, 2.75) is 24.9 Å². The van der Waals surface area contributed by atoms with Crippen LogP contribution in [0.25, 0.3) is 0 Å². The van der Waals surface area contributed by atoms with Crippen LogP contribution < -0.4 is 5.32 Å². The molecule has 0 aliphatic carbocycles. The van der Waals surface area contributed by atoms with E-state index in [1.807, 2.05) is 13.0 Å². The number of nitrogens with zero attached hydrogens (tertiary/aromatic N) is 2. The van der Waals surface area contributed by atoms with Crippen molar-refractivity contribution in [1.29, 1.82) is 0 Å². The third-order valence-electron chi connectivity index (χ3n) is 3.50. The van der Waals surface area contributed by atoms with Gasteiger partial charge in [-0.15, -0.1) is 11.8 Å². The molecule has 2 rings (SSSR count). The molecule has 9 heteroatoms. The number of amidine groups is 1. The lowest BCUT2D eigenvalue weighted by Crippen LogP contribution is -2.16. The van der Waals surface area contributed by atoms with E-state index in [0.29, 0.717) is 45.3 Å². The molecular formula is C19H18ClF4N3S. The van der Waals surface area contributed by atoms with Crippen LogP contribution in [0.3, 0.4) is 0 Å². The van der Waals surface area contributed by atoms with E-state index < -0.39 is 17.7 Å². The maximum absolute atomic E-state index is 14.4. The molecule has 0 saturated heterocycles. The van der Waals surface area contributed by atoms with Crippen LogP contribution in [0, 0.1) is 12.7 Å². The monoisotopic (exact) mass is 431 g/mol. The molecule has 0 aliphatic heterocycles. The summed E-state index contributed by atoms with van der Waals surface area (Å²) in [6.45, 7) is 3.75. The maximum Gasteiger partial charge on any atom is 0.398 e. The van der Waals surface area contributed by atoms with Crippen LogP contribution in [-0.2, 0) is 0 Å². The van der Waals surface area contributed by atoms with Gasteiger partial charge in [0.1, 0.15) is 16.8 Å². The molecule has 3 nitrogen and oxygen atoms in total. The minimum Gasteiger partial charge on any atom is -0.338 e. The van der Waals surface area contributed by atoms with Crippen LogP contribution in [0.15, 0.2) is 52.5 Å². The molecule has 1 aromatic heterocycles. The number of nitrogens with one attached hydrogen (secondary N) is 1. The lowest BCUT2D eigenvalue weighted by molar-refractivity contribution is -0.105. The van der Waals surface area contributed by atoms with Crippen molar-refractivity contribution in [2.24, 2.45) is 4.99 Å². The molecule has 1 N–H and O–H groups in total. The summed E-state index contributed by atoms with van der Waals surface area (Å²) in [7, 11) is 0. The SMILES string of the molecule is C/C=C\CN=C(Nc1cc(SCC(F)(F)F)c(C)cc1F)c1ccc(Cl)nc1. The topological polar surface area (TPSA) is 37.3 Å². The predicted octanol–water partition coefficient (Wildman–Crippen LogP) is 6.27. The van der Waals surface area contributed by atoms with Crippen LogP contribution in [0.4, 0.5) is 23.2 Å². The molecule has 0 unspecified atom stereocenters. The highest BCUT2D eigenvalue weighted by atomic mass is 35.5. The summed E-state index contributed by atoms with van der Waals surface area (Å²) in [6, 6.07) is 5.79. The highest BCUT2D eigenvalue weighted by molar-refractivity contribution is 7.99. The van der Waals surface area contributed by atoms with Crippen molar-refractivity contribution < 1.29 is 17.6 Å². The van der Waals surface area contributed by atoms with Gasteiger partial charge in [-0.1, -0.05) is 23.8 Å². The van der Waals surface area contributed by atoms with Gasteiger partial charge in [0.25, 0.3) is 0 Å².